The van der Waals surface area contributed by atoms with Crippen LogP contribution in [0.4, 0.5) is 11.5 Å². The van der Waals surface area contributed by atoms with Crippen molar-refractivity contribution < 1.29 is 4.79 Å². The second-order valence-corrected chi connectivity index (χ2v) is 7.57. The van der Waals surface area contributed by atoms with Gasteiger partial charge in [0.25, 0.3) is 5.91 Å². The lowest BCUT2D eigenvalue weighted by molar-refractivity contribution is 0.0859. The average molecular weight is 339 g/mol. The van der Waals surface area contributed by atoms with Crippen molar-refractivity contribution in [1.82, 2.24) is 15.1 Å². The molecule has 0 saturated carbocycles. The smallest absolute Gasteiger partial charge is 0.256 e. The maximum Gasteiger partial charge on any atom is 0.256 e. The zero-order chi connectivity index (χ0) is 17.8. The first-order valence-corrected chi connectivity index (χ1v) is 8.90. The summed E-state index contributed by atoms with van der Waals surface area (Å²) in [4.78, 5) is 13.3. The molecule has 0 saturated heterocycles. The summed E-state index contributed by atoms with van der Waals surface area (Å²) in [5.41, 5.74) is 11.3. The van der Waals surface area contributed by atoms with E-state index < -0.39 is 0 Å². The summed E-state index contributed by atoms with van der Waals surface area (Å²) in [7, 11) is 0. The Morgan fingerprint density at radius 3 is 2.92 bits per heavy atom. The first kappa shape index (κ1) is 16.1. The fraction of sp³-hybridized carbons (Fsp3) is 0.474. The van der Waals surface area contributed by atoms with Gasteiger partial charge in [-0.1, -0.05) is 18.2 Å². The summed E-state index contributed by atoms with van der Waals surface area (Å²) in [5, 5.41) is 11.5. The molecule has 2 aliphatic heterocycles. The van der Waals surface area contributed by atoms with Gasteiger partial charge in [-0.15, -0.1) is 0 Å². The number of carbonyl (C=O) groups excluding carboxylic acids is 1. The lowest BCUT2D eigenvalue weighted by Gasteiger charge is -2.31. The Balaban J connectivity index is 1.77. The van der Waals surface area contributed by atoms with Crippen molar-refractivity contribution in [3.8, 4) is 0 Å². The molecule has 25 heavy (non-hydrogen) atoms. The first-order valence-electron chi connectivity index (χ1n) is 8.90. The Morgan fingerprint density at radius 2 is 2.16 bits per heavy atom. The zero-order valence-corrected chi connectivity index (χ0v) is 15.0. The van der Waals surface area contributed by atoms with Crippen LogP contribution in [0, 0.1) is 6.92 Å². The van der Waals surface area contributed by atoms with E-state index >= 15 is 0 Å². The molecule has 4 rings (SSSR count). The van der Waals surface area contributed by atoms with Gasteiger partial charge in [0.1, 0.15) is 5.82 Å². The number of carbonyl (C=O) groups is 1. The molecule has 1 atom stereocenters. The van der Waals surface area contributed by atoms with Gasteiger partial charge in [-0.05, 0) is 38.3 Å². The van der Waals surface area contributed by atoms with Gasteiger partial charge in [-0.2, -0.15) is 9.78 Å². The van der Waals surface area contributed by atoms with Crippen LogP contribution in [0.25, 0.3) is 0 Å². The van der Waals surface area contributed by atoms with Crippen molar-refractivity contribution >= 4 is 17.4 Å². The van der Waals surface area contributed by atoms with Crippen molar-refractivity contribution in [1.29, 1.82) is 0 Å². The molecule has 6 heteroatoms. The topological polar surface area (TPSA) is 85.0 Å². The molecule has 0 amide bonds. The number of nitrogens with two attached hydrogens (primary N) is 1. The predicted molar refractivity (Wildman–Crippen MR) is 99.0 cm³/mol. The van der Waals surface area contributed by atoms with Crippen LogP contribution in [0.5, 0.6) is 0 Å². The van der Waals surface area contributed by atoms with E-state index in [1.807, 2.05) is 12.1 Å². The lowest BCUT2D eigenvalue weighted by Crippen LogP contribution is -2.42. The van der Waals surface area contributed by atoms with E-state index in [0.717, 1.165) is 54.0 Å². The standard InChI is InChI=1S/C19H25N5O/c1-11-5-4-6-12-13(7-9-21-16(11)12)18(25)24-17(20)15-14(23-24)8-10-22-19(15,2)3/h4-6,13,21-22H,7-10,20H2,1-3H3. The van der Waals surface area contributed by atoms with Gasteiger partial charge >= 0.3 is 0 Å². The number of hydrogen-bond acceptors (Lipinski definition) is 5. The van der Waals surface area contributed by atoms with Gasteiger partial charge in [-0.25, -0.2) is 0 Å². The molecule has 3 heterocycles. The van der Waals surface area contributed by atoms with Crippen LogP contribution in [0.2, 0.25) is 0 Å². The number of aromatic nitrogens is 2. The van der Waals surface area contributed by atoms with Gasteiger partial charge in [0, 0.05) is 36.3 Å². The summed E-state index contributed by atoms with van der Waals surface area (Å²) in [6.07, 6.45) is 1.55. The highest BCUT2D eigenvalue weighted by atomic mass is 16.2. The average Bonchev–Trinajstić information content (AvgIpc) is 2.92. The third-order valence-electron chi connectivity index (χ3n) is 5.47. The summed E-state index contributed by atoms with van der Waals surface area (Å²) < 4.78 is 1.45. The Hall–Kier alpha value is -2.34. The molecule has 0 bridgehead atoms. The number of para-hydroxylation sites is 1. The van der Waals surface area contributed by atoms with Crippen molar-refractivity contribution in [3.63, 3.8) is 0 Å². The molecule has 1 aromatic carbocycles. The molecule has 132 valence electrons. The number of nitrogen functional groups attached to an aromatic ring is 1. The molecule has 0 fully saturated rings. The number of fused-ring (bicyclic) bond motifs is 2. The number of hydrogen-bond donors (Lipinski definition) is 3. The van der Waals surface area contributed by atoms with Crippen molar-refractivity contribution in [2.24, 2.45) is 0 Å². The number of aryl methyl sites for hydroxylation is 1. The summed E-state index contributed by atoms with van der Waals surface area (Å²) in [6, 6.07) is 6.10. The maximum atomic E-state index is 13.3. The first-order chi connectivity index (χ1) is 11.9. The molecule has 4 N–H and O–H groups in total. The Labute approximate surface area is 147 Å². The number of benzene rings is 1. The molecule has 0 aliphatic carbocycles. The van der Waals surface area contributed by atoms with E-state index in [-0.39, 0.29) is 17.4 Å². The molecule has 1 unspecified atom stereocenters. The molecule has 0 spiro atoms. The van der Waals surface area contributed by atoms with E-state index in [9.17, 15) is 4.79 Å². The van der Waals surface area contributed by atoms with Gasteiger partial charge in [0.2, 0.25) is 0 Å². The molecule has 2 aromatic rings. The number of nitrogens with zero attached hydrogens (tertiary/aromatic N) is 2. The minimum atomic E-state index is -0.265. The third-order valence-corrected chi connectivity index (χ3v) is 5.47. The summed E-state index contributed by atoms with van der Waals surface area (Å²) in [5.74, 6) is 0.233. The Kier molecular flexibility index (Phi) is 3.61. The quantitative estimate of drug-likeness (QED) is 0.743. The molecule has 0 radical (unpaired) electrons. The van der Waals surface area contributed by atoms with E-state index in [4.69, 9.17) is 5.73 Å². The highest BCUT2D eigenvalue weighted by Crippen LogP contribution is 2.37. The van der Waals surface area contributed by atoms with Crippen LogP contribution in [-0.4, -0.2) is 28.8 Å². The van der Waals surface area contributed by atoms with Crippen LogP contribution in [-0.2, 0) is 12.0 Å². The van der Waals surface area contributed by atoms with Crippen LogP contribution in [0.15, 0.2) is 18.2 Å². The lowest BCUT2D eigenvalue weighted by atomic mass is 9.88. The molecule has 2 aliphatic rings. The fourth-order valence-electron chi connectivity index (χ4n) is 4.21. The second-order valence-electron chi connectivity index (χ2n) is 7.57. The fourth-order valence-corrected chi connectivity index (χ4v) is 4.21. The van der Waals surface area contributed by atoms with Crippen molar-refractivity contribution in [2.45, 2.75) is 45.1 Å². The predicted octanol–water partition coefficient (Wildman–Crippen LogP) is 2.39. The second kappa shape index (κ2) is 5.59. The van der Waals surface area contributed by atoms with E-state index in [2.05, 4.69) is 42.6 Å². The minimum Gasteiger partial charge on any atom is -0.385 e. The molecule has 1 aromatic heterocycles. The van der Waals surface area contributed by atoms with Crippen LogP contribution in [0.1, 0.15) is 53.4 Å². The van der Waals surface area contributed by atoms with Crippen LogP contribution in [0.3, 0.4) is 0 Å². The monoisotopic (exact) mass is 339 g/mol. The number of nitrogens with one attached hydrogen (secondary N) is 2. The van der Waals surface area contributed by atoms with E-state index in [1.54, 1.807) is 0 Å². The highest BCUT2D eigenvalue weighted by Gasteiger charge is 2.36. The molecule has 6 nitrogen and oxygen atoms in total. The van der Waals surface area contributed by atoms with E-state index in [0.29, 0.717) is 5.82 Å². The SMILES string of the molecule is Cc1cccc2c1NCCC2C(=O)n1nc2c(c1N)C(C)(C)NCC2. The van der Waals surface area contributed by atoms with Gasteiger partial charge in [0.05, 0.1) is 11.6 Å². The van der Waals surface area contributed by atoms with Gasteiger partial charge in [-0.3, -0.25) is 4.79 Å². The Morgan fingerprint density at radius 1 is 1.36 bits per heavy atom. The van der Waals surface area contributed by atoms with Gasteiger partial charge in [0.15, 0.2) is 0 Å². The minimum absolute atomic E-state index is 0.0314. The number of anilines is 2. The van der Waals surface area contributed by atoms with Crippen LogP contribution >= 0.6 is 0 Å². The molecular weight excluding hydrogens is 314 g/mol. The van der Waals surface area contributed by atoms with Gasteiger partial charge < -0.3 is 16.4 Å². The zero-order valence-electron chi connectivity index (χ0n) is 15.0. The van der Waals surface area contributed by atoms with E-state index in [1.165, 1.54) is 4.68 Å². The van der Waals surface area contributed by atoms with Crippen LogP contribution < -0.4 is 16.4 Å². The normalized spacial score (nSPS) is 21.2. The molecular formula is C19H25N5O. The number of rotatable bonds is 1. The summed E-state index contributed by atoms with van der Waals surface area (Å²) >= 11 is 0. The maximum absolute atomic E-state index is 13.3. The largest absolute Gasteiger partial charge is 0.385 e. The Bertz CT molecular complexity index is 852. The summed E-state index contributed by atoms with van der Waals surface area (Å²) in [6.45, 7) is 7.86. The highest BCUT2D eigenvalue weighted by molar-refractivity contribution is 5.90. The van der Waals surface area contributed by atoms with Crippen molar-refractivity contribution in [3.05, 3.63) is 40.6 Å². The third kappa shape index (κ3) is 2.43. The van der Waals surface area contributed by atoms with Crippen molar-refractivity contribution in [2.75, 3.05) is 24.1 Å².